The molecule has 1 N–H and O–H groups in total. The Hall–Kier alpha value is -1.62. The van der Waals surface area contributed by atoms with Gasteiger partial charge in [-0.25, -0.2) is 0 Å². The number of nitrogens with zero attached hydrogens (tertiary/aromatic N) is 2. The highest BCUT2D eigenvalue weighted by atomic mass is 32.1. The van der Waals surface area contributed by atoms with E-state index in [0.29, 0.717) is 0 Å². The Bertz CT molecular complexity index is 576. The third kappa shape index (κ3) is 6.27. The van der Waals surface area contributed by atoms with Crippen molar-refractivity contribution in [1.29, 1.82) is 0 Å². The molecule has 0 fully saturated rings. The first-order valence-corrected chi connectivity index (χ1v) is 10.5. The third-order valence-corrected chi connectivity index (χ3v) is 5.10. The number of methoxy groups -OCH3 is 1. The number of ether oxygens (including phenoxy) is 1. The molecule has 5 heteroatoms. The van der Waals surface area contributed by atoms with Gasteiger partial charge in [0.2, 0.25) is 0 Å². The van der Waals surface area contributed by atoms with E-state index in [9.17, 15) is 0 Å². The van der Waals surface area contributed by atoms with Gasteiger partial charge in [-0.3, -0.25) is 5.43 Å². The first-order chi connectivity index (χ1) is 12.8. The van der Waals surface area contributed by atoms with Crippen LogP contribution in [0.5, 0.6) is 5.75 Å². The maximum Gasteiger partial charge on any atom is 0.150 e. The molecule has 2 rings (SSSR count). The molecule has 1 unspecified atom stereocenters. The zero-order chi connectivity index (χ0) is 18.6. The van der Waals surface area contributed by atoms with Crippen LogP contribution in [0.25, 0.3) is 0 Å². The minimum Gasteiger partial charge on any atom is -0.497 e. The van der Waals surface area contributed by atoms with Gasteiger partial charge in [0.05, 0.1) is 7.11 Å². The number of hydrazone groups is 1. The Morgan fingerprint density at radius 3 is 2.46 bits per heavy atom. The Balaban J connectivity index is 1.77. The van der Waals surface area contributed by atoms with Crippen LogP contribution in [0.2, 0.25) is 0 Å². The monoisotopic (exact) mass is 375 g/mol. The van der Waals surface area contributed by atoms with Crippen molar-refractivity contribution in [3.63, 3.8) is 0 Å². The van der Waals surface area contributed by atoms with Crippen LogP contribution < -0.4 is 15.1 Å². The number of nitrogens with one attached hydrogen (secondary N) is 1. The van der Waals surface area contributed by atoms with E-state index in [0.717, 1.165) is 23.7 Å². The smallest absolute Gasteiger partial charge is 0.150 e. The molecule has 0 aromatic heterocycles. The van der Waals surface area contributed by atoms with Crippen molar-refractivity contribution in [1.82, 2.24) is 5.43 Å². The molecule has 1 atom stereocenters. The second kappa shape index (κ2) is 11.9. The Kier molecular flexibility index (Phi) is 9.46. The zero-order valence-electron chi connectivity index (χ0n) is 16.2. The van der Waals surface area contributed by atoms with Crippen molar-refractivity contribution >= 4 is 29.1 Å². The van der Waals surface area contributed by atoms with Crippen LogP contribution in [0.15, 0.2) is 29.4 Å². The van der Waals surface area contributed by atoms with Gasteiger partial charge in [0.25, 0.3) is 0 Å². The average Bonchev–Trinajstić information content (AvgIpc) is 3.09. The molecule has 0 bridgehead atoms. The average molecular weight is 376 g/mol. The van der Waals surface area contributed by atoms with Gasteiger partial charge >= 0.3 is 0 Å². The highest BCUT2D eigenvalue weighted by molar-refractivity contribution is 7.79. The highest BCUT2D eigenvalue weighted by Crippen LogP contribution is 2.26. The van der Waals surface area contributed by atoms with Crippen molar-refractivity contribution in [3.8, 4) is 5.75 Å². The molecule has 0 saturated carbocycles. The summed E-state index contributed by atoms with van der Waals surface area (Å²) in [4.78, 5) is 2.18. The van der Waals surface area contributed by atoms with Crippen LogP contribution in [0, 0.1) is 0 Å². The second-order valence-electron chi connectivity index (χ2n) is 6.89. The molecule has 0 amide bonds. The lowest BCUT2D eigenvalue weighted by atomic mass is 10.1. The molecule has 1 aliphatic heterocycles. The molecule has 144 valence electrons. The topological polar surface area (TPSA) is 36.9 Å². The molecule has 0 spiro atoms. The number of anilines is 1. The van der Waals surface area contributed by atoms with Crippen molar-refractivity contribution in [3.05, 3.63) is 24.3 Å². The minimum atomic E-state index is -0.0642. The lowest BCUT2D eigenvalue weighted by molar-refractivity contribution is 0.415. The zero-order valence-corrected chi connectivity index (χ0v) is 17.1. The number of benzene rings is 1. The first kappa shape index (κ1) is 20.7. The molecule has 1 heterocycles. The van der Waals surface area contributed by atoms with E-state index in [-0.39, 0.29) is 6.17 Å². The summed E-state index contributed by atoms with van der Waals surface area (Å²) in [5.41, 5.74) is 4.20. The van der Waals surface area contributed by atoms with Crippen LogP contribution in [-0.4, -0.2) is 24.5 Å². The molecular formula is C21H33N3OS. The van der Waals surface area contributed by atoms with Crippen LogP contribution in [0.1, 0.15) is 71.1 Å². The van der Waals surface area contributed by atoms with Gasteiger partial charge in [-0.15, -0.1) is 0 Å². The lowest BCUT2D eigenvalue weighted by Crippen LogP contribution is -2.41. The van der Waals surface area contributed by atoms with E-state index >= 15 is 0 Å². The Morgan fingerprint density at radius 2 is 1.81 bits per heavy atom. The van der Waals surface area contributed by atoms with Gasteiger partial charge in [-0.2, -0.15) is 5.10 Å². The molecule has 4 nitrogen and oxygen atoms in total. The quantitative estimate of drug-likeness (QED) is 0.356. The van der Waals surface area contributed by atoms with Crippen LogP contribution in [0.3, 0.4) is 0 Å². The van der Waals surface area contributed by atoms with Crippen LogP contribution >= 0.6 is 12.2 Å². The predicted octanol–water partition coefficient (Wildman–Crippen LogP) is 5.67. The summed E-state index contributed by atoms with van der Waals surface area (Å²) < 4.78 is 5.36. The van der Waals surface area contributed by atoms with Gasteiger partial charge in [-0.1, -0.05) is 76.6 Å². The third-order valence-electron chi connectivity index (χ3n) is 4.85. The summed E-state index contributed by atoms with van der Waals surface area (Å²) >= 11 is 5.18. The summed E-state index contributed by atoms with van der Waals surface area (Å²) in [6.45, 7) is 2.27. The minimum absolute atomic E-state index is 0.0642. The fourth-order valence-electron chi connectivity index (χ4n) is 3.34. The van der Waals surface area contributed by atoms with Gasteiger partial charge in [0.1, 0.15) is 17.8 Å². The molecule has 0 aliphatic carbocycles. The number of hydrogen-bond acceptors (Lipinski definition) is 5. The van der Waals surface area contributed by atoms with E-state index in [2.05, 4.69) is 28.4 Å². The summed E-state index contributed by atoms with van der Waals surface area (Å²) in [6.07, 6.45) is 12.9. The van der Waals surface area contributed by atoms with Crippen LogP contribution in [0.4, 0.5) is 5.69 Å². The summed E-state index contributed by atoms with van der Waals surface area (Å²) in [5.74, 6) is 1.91. The molecular weight excluding hydrogens is 342 g/mol. The molecule has 0 radical (unpaired) electrons. The molecule has 1 aliphatic rings. The molecule has 1 aromatic rings. The largest absolute Gasteiger partial charge is 0.497 e. The van der Waals surface area contributed by atoms with Crippen molar-refractivity contribution in [2.75, 3.05) is 12.0 Å². The Morgan fingerprint density at radius 1 is 1.12 bits per heavy atom. The van der Waals surface area contributed by atoms with E-state index in [1.165, 1.54) is 57.8 Å². The summed E-state index contributed by atoms with van der Waals surface area (Å²) in [5, 5.41) is 6.25. The Labute approximate surface area is 164 Å². The van der Waals surface area contributed by atoms with Gasteiger partial charge in [0.15, 0.2) is 0 Å². The number of unbranched alkanes of at least 4 members (excludes halogenated alkanes) is 8. The molecule has 26 heavy (non-hydrogen) atoms. The van der Waals surface area contributed by atoms with E-state index < -0.39 is 0 Å². The van der Waals surface area contributed by atoms with E-state index in [4.69, 9.17) is 17.0 Å². The maximum absolute atomic E-state index is 5.36. The number of rotatable bonds is 13. The summed E-state index contributed by atoms with van der Waals surface area (Å²) in [7, 11) is 1.69. The molecule has 1 aromatic carbocycles. The van der Waals surface area contributed by atoms with Crippen LogP contribution in [-0.2, 0) is 0 Å². The number of hydrogen-bond donors (Lipinski definition) is 1. The van der Waals surface area contributed by atoms with Crippen molar-refractivity contribution in [2.45, 2.75) is 77.3 Å². The van der Waals surface area contributed by atoms with Gasteiger partial charge < -0.3 is 9.64 Å². The number of thiocarbonyl (C=S) groups is 1. The lowest BCUT2D eigenvalue weighted by Gasteiger charge is -2.25. The predicted molar refractivity (Wildman–Crippen MR) is 115 cm³/mol. The van der Waals surface area contributed by atoms with E-state index in [1.54, 1.807) is 12.5 Å². The van der Waals surface area contributed by atoms with Gasteiger partial charge in [0, 0.05) is 23.5 Å². The van der Waals surface area contributed by atoms with Gasteiger partial charge in [-0.05, 0) is 18.6 Å². The fraction of sp³-hybridized carbons (Fsp3) is 0.619. The molecule has 0 saturated heterocycles. The number of amidine groups is 1. The normalized spacial score (nSPS) is 16.3. The maximum atomic E-state index is 5.36. The standard InChI is InChI=1S/C21H33N3OS/c1-3-4-5-6-7-8-9-10-11-15-20-22-23-21(17-26)24(20)18-13-12-14-19(16-18)25-2/h12-14,16-17,21,23H,3-11,15H2,1-2H3. The van der Waals surface area contributed by atoms with Crippen molar-refractivity contribution in [2.24, 2.45) is 5.10 Å². The highest BCUT2D eigenvalue weighted by Gasteiger charge is 2.27. The second-order valence-corrected chi connectivity index (χ2v) is 7.16. The van der Waals surface area contributed by atoms with E-state index in [1.807, 2.05) is 18.2 Å². The fourth-order valence-corrected chi connectivity index (χ4v) is 3.53. The summed E-state index contributed by atoms with van der Waals surface area (Å²) in [6, 6.07) is 8.07. The first-order valence-electron chi connectivity index (χ1n) is 10.0. The SMILES string of the molecule is CCCCCCCCCCCC1=NNC(C=S)N1c1cccc(OC)c1. The van der Waals surface area contributed by atoms with Crippen molar-refractivity contribution < 1.29 is 4.74 Å².